The van der Waals surface area contributed by atoms with Crippen LogP contribution in [0.5, 0.6) is 0 Å². The van der Waals surface area contributed by atoms with Gasteiger partial charge in [-0.25, -0.2) is 8.42 Å². The molecular formula is C8H9BrClNO5S2. The zero-order valence-electron chi connectivity index (χ0n) is 8.76. The molecular weight excluding hydrogens is 370 g/mol. The molecule has 1 heterocycles. The average Bonchev–Trinajstić information content (AvgIpc) is 2.59. The maximum atomic E-state index is 11.9. The minimum absolute atomic E-state index is 0.0939. The molecule has 0 fully saturated rings. The van der Waals surface area contributed by atoms with Gasteiger partial charge in [-0.1, -0.05) is 11.6 Å². The van der Waals surface area contributed by atoms with Crippen LogP contribution in [0.3, 0.4) is 0 Å². The summed E-state index contributed by atoms with van der Waals surface area (Å²) >= 11 is 9.66. The Morgan fingerprint density at radius 1 is 1.61 bits per heavy atom. The van der Waals surface area contributed by atoms with E-state index in [9.17, 15) is 13.2 Å². The molecule has 1 aromatic heterocycles. The number of carboxylic acid groups (broad SMARTS) is 1. The molecule has 6 nitrogen and oxygen atoms in total. The molecule has 0 aliphatic rings. The van der Waals surface area contributed by atoms with Crippen molar-refractivity contribution in [2.24, 2.45) is 0 Å². The summed E-state index contributed by atoms with van der Waals surface area (Å²) in [5, 5.41) is 17.7. The zero-order valence-corrected chi connectivity index (χ0v) is 12.7. The number of thiophene rings is 1. The van der Waals surface area contributed by atoms with E-state index in [-0.39, 0.29) is 15.7 Å². The van der Waals surface area contributed by atoms with Crippen LogP contribution in [-0.4, -0.2) is 37.2 Å². The van der Waals surface area contributed by atoms with Gasteiger partial charge in [0.25, 0.3) is 10.0 Å². The summed E-state index contributed by atoms with van der Waals surface area (Å²) < 4.78 is 26.1. The van der Waals surface area contributed by atoms with Crippen molar-refractivity contribution in [3.8, 4) is 0 Å². The number of sulfonamides is 1. The Balaban J connectivity index is 2.96. The second kappa shape index (κ2) is 6.31. The van der Waals surface area contributed by atoms with Gasteiger partial charge in [-0.15, -0.1) is 11.3 Å². The predicted octanol–water partition coefficient (Wildman–Crippen LogP) is 1.28. The average molecular weight is 379 g/mol. The monoisotopic (exact) mass is 377 g/mol. The van der Waals surface area contributed by atoms with Crippen LogP contribution < -0.4 is 4.72 Å². The highest BCUT2D eigenvalue weighted by molar-refractivity contribution is 9.11. The van der Waals surface area contributed by atoms with Gasteiger partial charge in [0.15, 0.2) is 0 Å². The third-order valence-electron chi connectivity index (χ3n) is 1.90. The summed E-state index contributed by atoms with van der Waals surface area (Å²) in [5.74, 6) is -1.35. The molecule has 0 unspecified atom stereocenters. The highest BCUT2D eigenvalue weighted by atomic mass is 79.9. The van der Waals surface area contributed by atoms with Crippen molar-refractivity contribution in [2.45, 2.75) is 16.7 Å². The minimum Gasteiger partial charge on any atom is -0.480 e. The fraction of sp³-hybridized carbons (Fsp3) is 0.375. The minimum atomic E-state index is -3.97. The van der Waals surface area contributed by atoms with Crippen molar-refractivity contribution in [2.75, 3.05) is 6.61 Å². The number of hydrogen-bond donors (Lipinski definition) is 3. The van der Waals surface area contributed by atoms with Crippen molar-refractivity contribution in [1.82, 2.24) is 4.72 Å². The van der Waals surface area contributed by atoms with Gasteiger partial charge in [-0.05, 0) is 28.4 Å². The molecule has 0 saturated carbocycles. The Kier molecular flexibility index (Phi) is 5.56. The second-order valence-electron chi connectivity index (χ2n) is 3.21. The first kappa shape index (κ1) is 15.9. The quantitative estimate of drug-likeness (QED) is 0.692. The first-order chi connectivity index (χ1) is 8.27. The number of nitrogens with one attached hydrogen (secondary N) is 1. The van der Waals surface area contributed by atoms with Crippen LogP contribution in [0.2, 0.25) is 5.02 Å². The molecule has 10 heteroatoms. The number of aliphatic hydroxyl groups is 1. The van der Waals surface area contributed by atoms with Gasteiger partial charge < -0.3 is 10.2 Å². The van der Waals surface area contributed by atoms with Gasteiger partial charge in [0, 0.05) is 6.61 Å². The third-order valence-corrected chi connectivity index (χ3v) is 6.32. The Morgan fingerprint density at radius 3 is 2.61 bits per heavy atom. The Hall–Kier alpha value is -0.190. The van der Waals surface area contributed by atoms with Crippen molar-refractivity contribution in [1.29, 1.82) is 0 Å². The molecule has 3 N–H and O–H groups in total. The smallest absolute Gasteiger partial charge is 0.321 e. The SMILES string of the molecule is O=C(O)[C@@H](CCO)NS(=O)(=O)c1cc(Cl)c(Br)s1. The van der Waals surface area contributed by atoms with E-state index in [1.54, 1.807) is 0 Å². The number of aliphatic carboxylic acids is 1. The van der Waals surface area contributed by atoms with E-state index in [4.69, 9.17) is 21.8 Å². The maximum absolute atomic E-state index is 11.9. The molecule has 0 aliphatic carbocycles. The van der Waals surface area contributed by atoms with Crippen LogP contribution in [0, 0.1) is 0 Å². The number of rotatable bonds is 6. The largest absolute Gasteiger partial charge is 0.480 e. The second-order valence-corrected chi connectivity index (χ2v) is 7.93. The molecule has 1 atom stereocenters. The number of carbonyl (C=O) groups is 1. The molecule has 102 valence electrons. The van der Waals surface area contributed by atoms with E-state index in [1.165, 1.54) is 6.07 Å². The topological polar surface area (TPSA) is 104 Å². The molecule has 18 heavy (non-hydrogen) atoms. The lowest BCUT2D eigenvalue weighted by atomic mass is 10.2. The van der Waals surface area contributed by atoms with E-state index >= 15 is 0 Å². The number of aliphatic hydroxyl groups excluding tert-OH is 1. The molecule has 0 saturated heterocycles. The molecule has 0 aromatic carbocycles. The lowest BCUT2D eigenvalue weighted by Gasteiger charge is -2.12. The fourth-order valence-electron chi connectivity index (χ4n) is 1.07. The first-order valence-electron chi connectivity index (χ1n) is 4.58. The van der Waals surface area contributed by atoms with Crippen LogP contribution in [0.1, 0.15) is 6.42 Å². The van der Waals surface area contributed by atoms with Gasteiger partial charge in [0.05, 0.1) is 8.81 Å². The van der Waals surface area contributed by atoms with E-state index in [2.05, 4.69) is 15.9 Å². The van der Waals surface area contributed by atoms with Crippen molar-refractivity contribution >= 4 is 54.9 Å². The van der Waals surface area contributed by atoms with Crippen molar-refractivity contribution in [3.05, 3.63) is 14.9 Å². The molecule has 1 rings (SSSR count). The molecule has 0 radical (unpaired) electrons. The van der Waals surface area contributed by atoms with E-state index in [0.29, 0.717) is 3.79 Å². The third kappa shape index (κ3) is 3.90. The van der Waals surface area contributed by atoms with Gasteiger partial charge >= 0.3 is 5.97 Å². The molecule has 0 amide bonds. The van der Waals surface area contributed by atoms with Gasteiger partial charge in [-0.3, -0.25) is 4.79 Å². The summed E-state index contributed by atoms with van der Waals surface area (Å²) in [4.78, 5) is 10.8. The Bertz CT molecular complexity index is 524. The van der Waals surface area contributed by atoms with Crippen LogP contribution in [-0.2, 0) is 14.8 Å². The lowest BCUT2D eigenvalue weighted by Crippen LogP contribution is -2.41. The summed E-state index contributed by atoms with van der Waals surface area (Å²) in [7, 11) is -3.97. The van der Waals surface area contributed by atoms with Gasteiger partial charge in [-0.2, -0.15) is 4.72 Å². The molecule has 0 bridgehead atoms. The summed E-state index contributed by atoms with van der Waals surface area (Å²) in [6.07, 6.45) is -0.213. The van der Waals surface area contributed by atoms with E-state index in [0.717, 1.165) is 11.3 Å². The number of carboxylic acids is 1. The number of halogens is 2. The Morgan fingerprint density at radius 2 is 2.22 bits per heavy atom. The summed E-state index contributed by atoms with van der Waals surface area (Å²) in [5.41, 5.74) is 0. The first-order valence-corrected chi connectivity index (χ1v) is 8.06. The summed E-state index contributed by atoms with van der Waals surface area (Å²) in [6.45, 7) is -0.436. The van der Waals surface area contributed by atoms with E-state index < -0.39 is 28.6 Å². The van der Waals surface area contributed by atoms with Crippen LogP contribution >= 0.6 is 38.9 Å². The molecule has 0 aliphatic heterocycles. The summed E-state index contributed by atoms with van der Waals surface area (Å²) in [6, 6.07) is -0.157. The van der Waals surface area contributed by atoms with Crippen LogP contribution in [0.15, 0.2) is 14.1 Å². The van der Waals surface area contributed by atoms with Crippen LogP contribution in [0.25, 0.3) is 0 Å². The van der Waals surface area contributed by atoms with Gasteiger partial charge in [0.2, 0.25) is 0 Å². The van der Waals surface area contributed by atoms with Crippen molar-refractivity contribution in [3.63, 3.8) is 0 Å². The number of hydrogen-bond acceptors (Lipinski definition) is 5. The van der Waals surface area contributed by atoms with E-state index in [1.807, 2.05) is 4.72 Å². The molecule has 1 aromatic rings. The van der Waals surface area contributed by atoms with Crippen molar-refractivity contribution < 1.29 is 23.4 Å². The maximum Gasteiger partial charge on any atom is 0.321 e. The standard InChI is InChI=1S/C8H9BrClNO5S2/c9-7-4(10)3-6(17-7)18(15,16)11-5(1-2-12)8(13)14/h3,5,11-12H,1-2H2,(H,13,14)/t5-/m1/s1. The van der Waals surface area contributed by atoms with Gasteiger partial charge in [0.1, 0.15) is 10.3 Å². The van der Waals surface area contributed by atoms with Crippen LogP contribution in [0.4, 0.5) is 0 Å². The Labute approximate surface area is 121 Å². The zero-order chi connectivity index (χ0) is 13.9. The highest BCUT2D eigenvalue weighted by Gasteiger charge is 2.26. The highest BCUT2D eigenvalue weighted by Crippen LogP contribution is 2.34. The fourth-order valence-corrected chi connectivity index (χ4v) is 4.71. The predicted molar refractivity (Wildman–Crippen MR) is 70.5 cm³/mol. The normalized spacial score (nSPS) is 13.5. The molecule has 0 spiro atoms. The lowest BCUT2D eigenvalue weighted by molar-refractivity contribution is -0.139.